The van der Waals surface area contributed by atoms with Crippen LogP contribution in [0.25, 0.3) is 0 Å². The van der Waals surface area contributed by atoms with E-state index in [0.29, 0.717) is 25.8 Å². The Hall–Kier alpha value is -1.91. The lowest BCUT2D eigenvalue weighted by Crippen LogP contribution is -2.41. The minimum Gasteiger partial charge on any atom is -0.480 e. The quantitative estimate of drug-likeness (QED) is 0.907. The summed E-state index contributed by atoms with van der Waals surface area (Å²) < 4.78 is 13.1. The maximum Gasteiger partial charge on any atom is 0.326 e. The second kappa shape index (κ2) is 6.70. The molecule has 1 aliphatic rings. The Balaban J connectivity index is 1.91. The molecule has 21 heavy (non-hydrogen) atoms. The van der Waals surface area contributed by atoms with Crippen LogP contribution in [-0.2, 0) is 16.0 Å². The van der Waals surface area contributed by atoms with E-state index in [1.54, 1.807) is 6.07 Å². The van der Waals surface area contributed by atoms with Crippen molar-refractivity contribution in [1.82, 2.24) is 4.90 Å². The summed E-state index contributed by atoms with van der Waals surface area (Å²) in [7, 11) is 0. The number of carbonyl (C=O) groups excluding carboxylic acids is 1. The van der Waals surface area contributed by atoms with Gasteiger partial charge in [0.05, 0.1) is 0 Å². The number of carboxylic acids is 1. The molecule has 1 aromatic carbocycles. The van der Waals surface area contributed by atoms with Gasteiger partial charge in [-0.2, -0.15) is 0 Å². The molecule has 0 aromatic heterocycles. The molecule has 1 saturated heterocycles. The monoisotopic (exact) mass is 293 g/mol. The molecule has 1 aromatic rings. The van der Waals surface area contributed by atoms with Crippen molar-refractivity contribution in [3.05, 3.63) is 35.6 Å². The fraction of sp³-hybridized carbons (Fsp3) is 0.500. The van der Waals surface area contributed by atoms with Crippen LogP contribution >= 0.6 is 0 Å². The van der Waals surface area contributed by atoms with E-state index in [4.69, 9.17) is 5.11 Å². The second-order valence-corrected chi connectivity index (χ2v) is 5.73. The van der Waals surface area contributed by atoms with Gasteiger partial charge in [0.1, 0.15) is 11.9 Å². The van der Waals surface area contributed by atoms with Gasteiger partial charge in [0.25, 0.3) is 0 Å². The molecule has 1 amide bonds. The van der Waals surface area contributed by atoms with E-state index < -0.39 is 12.0 Å². The van der Waals surface area contributed by atoms with E-state index in [0.717, 1.165) is 12.0 Å². The van der Waals surface area contributed by atoms with Crippen molar-refractivity contribution in [3.63, 3.8) is 0 Å². The zero-order valence-electron chi connectivity index (χ0n) is 12.1. The molecular weight excluding hydrogens is 273 g/mol. The van der Waals surface area contributed by atoms with E-state index in [9.17, 15) is 14.0 Å². The molecule has 0 radical (unpaired) electrons. The summed E-state index contributed by atoms with van der Waals surface area (Å²) >= 11 is 0. The molecule has 0 bridgehead atoms. The predicted octanol–water partition coefficient (Wildman–Crippen LogP) is 2.47. The van der Waals surface area contributed by atoms with Crippen molar-refractivity contribution < 1.29 is 19.1 Å². The molecule has 1 N–H and O–H groups in total. The Morgan fingerprint density at radius 1 is 1.48 bits per heavy atom. The number of benzene rings is 1. The maximum absolute atomic E-state index is 13.1. The lowest BCUT2D eigenvalue weighted by molar-refractivity contribution is -0.148. The fourth-order valence-corrected chi connectivity index (χ4v) is 2.88. The van der Waals surface area contributed by atoms with E-state index in [-0.39, 0.29) is 17.6 Å². The molecule has 1 heterocycles. The number of hydrogen-bond donors (Lipinski definition) is 1. The first kappa shape index (κ1) is 15.5. The van der Waals surface area contributed by atoms with Crippen LogP contribution in [0.4, 0.5) is 4.39 Å². The maximum atomic E-state index is 13.1. The third-order valence-electron chi connectivity index (χ3n) is 3.85. The number of nitrogens with zero attached hydrogens (tertiary/aromatic N) is 1. The van der Waals surface area contributed by atoms with Gasteiger partial charge in [0, 0.05) is 13.0 Å². The van der Waals surface area contributed by atoms with Crippen molar-refractivity contribution in [3.8, 4) is 0 Å². The number of carboxylic acid groups (broad SMARTS) is 1. The largest absolute Gasteiger partial charge is 0.480 e. The third-order valence-corrected chi connectivity index (χ3v) is 3.85. The minimum atomic E-state index is -0.932. The van der Waals surface area contributed by atoms with Crippen molar-refractivity contribution >= 4 is 11.9 Å². The first-order valence-corrected chi connectivity index (χ1v) is 7.24. The molecule has 1 aliphatic heterocycles. The van der Waals surface area contributed by atoms with Crippen LogP contribution in [-0.4, -0.2) is 34.5 Å². The highest BCUT2D eigenvalue weighted by molar-refractivity contribution is 5.84. The van der Waals surface area contributed by atoms with Gasteiger partial charge in [-0.25, -0.2) is 9.18 Å². The molecular formula is C16H20FNO3. The number of amides is 1. The average molecular weight is 293 g/mol. The molecule has 0 unspecified atom stereocenters. The third kappa shape index (κ3) is 4.03. The van der Waals surface area contributed by atoms with Gasteiger partial charge in [-0.15, -0.1) is 0 Å². The first-order chi connectivity index (χ1) is 9.97. The highest BCUT2D eigenvalue weighted by atomic mass is 19.1. The molecule has 0 saturated carbocycles. The van der Waals surface area contributed by atoms with Crippen LogP contribution in [0.3, 0.4) is 0 Å². The van der Waals surface area contributed by atoms with E-state index in [1.807, 2.05) is 13.0 Å². The summed E-state index contributed by atoms with van der Waals surface area (Å²) in [5.74, 6) is -1.28. The molecule has 2 atom stereocenters. The van der Waals surface area contributed by atoms with Crippen LogP contribution in [0.15, 0.2) is 24.3 Å². The van der Waals surface area contributed by atoms with Crippen molar-refractivity contribution in [2.75, 3.05) is 6.54 Å². The van der Waals surface area contributed by atoms with Gasteiger partial charge >= 0.3 is 5.97 Å². The van der Waals surface area contributed by atoms with Gasteiger partial charge in [0.15, 0.2) is 0 Å². The Bertz CT molecular complexity index is 532. The van der Waals surface area contributed by atoms with Gasteiger partial charge in [-0.1, -0.05) is 19.1 Å². The summed E-state index contributed by atoms with van der Waals surface area (Å²) in [6.07, 6.45) is 2.16. The molecule has 4 nitrogen and oxygen atoms in total. The second-order valence-electron chi connectivity index (χ2n) is 5.73. The number of halogens is 1. The molecule has 5 heteroatoms. The molecule has 2 rings (SSSR count). The molecule has 0 aliphatic carbocycles. The van der Waals surface area contributed by atoms with Gasteiger partial charge < -0.3 is 10.0 Å². The zero-order chi connectivity index (χ0) is 15.4. The van der Waals surface area contributed by atoms with E-state index in [1.165, 1.54) is 17.0 Å². The Morgan fingerprint density at radius 2 is 2.24 bits per heavy atom. The first-order valence-electron chi connectivity index (χ1n) is 7.24. The summed E-state index contributed by atoms with van der Waals surface area (Å²) in [6, 6.07) is 5.66. The van der Waals surface area contributed by atoms with Crippen molar-refractivity contribution in [1.29, 1.82) is 0 Å². The topological polar surface area (TPSA) is 57.6 Å². The lowest BCUT2D eigenvalue weighted by atomic mass is 9.97. The number of likely N-dealkylation sites (tertiary alicyclic amines) is 1. The summed E-state index contributed by atoms with van der Waals surface area (Å²) in [6.45, 7) is 2.44. The lowest BCUT2D eigenvalue weighted by Gasteiger charge is -2.23. The predicted molar refractivity (Wildman–Crippen MR) is 76.3 cm³/mol. The van der Waals surface area contributed by atoms with E-state index >= 15 is 0 Å². The van der Waals surface area contributed by atoms with Crippen LogP contribution in [0.5, 0.6) is 0 Å². The number of hydrogen-bond acceptors (Lipinski definition) is 2. The highest BCUT2D eigenvalue weighted by Gasteiger charge is 2.34. The fourth-order valence-electron chi connectivity index (χ4n) is 2.88. The zero-order valence-corrected chi connectivity index (χ0v) is 12.1. The van der Waals surface area contributed by atoms with Crippen LogP contribution in [0.2, 0.25) is 0 Å². The Kier molecular flexibility index (Phi) is 4.94. The summed E-state index contributed by atoms with van der Waals surface area (Å²) in [5.41, 5.74) is 0.853. The van der Waals surface area contributed by atoms with Gasteiger partial charge in [-0.3, -0.25) is 4.79 Å². The van der Waals surface area contributed by atoms with Crippen molar-refractivity contribution in [2.45, 2.75) is 38.6 Å². The van der Waals surface area contributed by atoms with Gasteiger partial charge in [0.2, 0.25) is 5.91 Å². The van der Waals surface area contributed by atoms with Crippen LogP contribution in [0.1, 0.15) is 31.7 Å². The standard InChI is InChI=1S/C16H20FNO3/c1-11(8-12-4-2-5-13(17)10-12)9-15(19)18-7-3-6-14(18)16(20)21/h2,4-5,10-11,14H,3,6-9H2,1H3,(H,20,21)/t11-,14-/m1/s1. The van der Waals surface area contributed by atoms with Crippen LogP contribution in [0, 0.1) is 11.7 Å². The van der Waals surface area contributed by atoms with Crippen molar-refractivity contribution in [2.24, 2.45) is 5.92 Å². The SMILES string of the molecule is C[C@@H](CC(=O)N1CCC[C@@H]1C(=O)O)Cc1cccc(F)c1. The van der Waals surface area contributed by atoms with Gasteiger partial charge in [-0.05, 0) is 42.9 Å². The molecule has 114 valence electrons. The summed E-state index contributed by atoms with van der Waals surface area (Å²) in [4.78, 5) is 24.8. The number of carbonyl (C=O) groups is 2. The number of rotatable bonds is 5. The highest BCUT2D eigenvalue weighted by Crippen LogP contribution is 2.21. The normalized spacial score (nSPS) is 19.5. The number of aliphatic carboxylic acids is 1. The Morgan fingerprint density at radius 3 is 2.90 bits per heavy atom. The minimum absolute atomic E-state index is 0.0503. The Labute approximate surface area is 123 Å². The average Bonchev–Trinajstić information content (AvgIpc) is 2.87. The smallest absolute Gasteiger partial charge is 0.326 e. The molecule has 0 spiro atoms. The summed E-state index contributed by atoms with van der Waals surface area (Å²) in [5, 5.41) is 9.10. The van der Waals surface area contributed by atoms with E-state index in [2.05, 4.69) is 0 Å². The van der Waals surface area contributed by atoms with Crippen LogP contribution < -0.4 is 0 Å². The molecule has 1 fully saturated rings.